The molecular weight excluding hydrogens is 160 g/mol. The molecule has 0 aromatic rings. The molecule has 0 bridgehead atoms. The minimum atomic E-state index is -1.08. The molecule has 9 heavy (non-hydrogen) atoms. The number of thiol groups is 2. The molecule has 5 heteroatoms. The van der Waals surface area contributed by atoms with Gasteiger partial charge in [0.2, 0.25) is 0 Å². The summed E-state index contributed by atoms with van der Waals surface area (Å²) in [6.45, 7) is 1.34. The summed E-state index contributed by atoms with van der Waals surface area (Å²) in [5.41, 5.74) is 0. The van der Waals surface area contributed by atoms with Crippen molar-refractivity contribution in [2.24, 2.45) is 0 Å². The zero-order valence-corrected chi connectivity index (χ0v) is 6.60. The van der Waals surface area contributed by atoms with E-state index in [9.17, 15) is 4.79 Å². The molecular formula is C4H8O3S2. The average molecular weight is 168 g/mol. The van der Waals surface area contributed by atoms with Crippen molar-refractivity contribution in [3.8, 4) is 0 Å². The Kier molecular flexibility index (Phi) is 4.09. The van der Waals surface area contributed by atoms with E-state index >= 15 is 0 Å². The van der Waals surface area contributed by atoms with Crippen molar-refractivity contribution in [3.63, 3.8) is 0 Å². The number of esters is 1. The second kappa shape index (κ2) is 4.03. The second-order valence-electron chi connectivity index (χ2n) is 1.41. The first-order valence-electron chi connectivity index (χ1n) is 2.28. The Balaban J connectivity index is 3.51. The molecule has 0 aliphatic carbocycles. The molecule has 0 spiro atoms. The summed E-state index contributed by atoms with van der Waals surface area (Å²) in [5.74, 6) is -0.642. The van der Waals surface area contributed by atoms with Gasteiger partial charge < -0.3 is 9.84 Å². The standard InChI is InChI=1S/C4H8O3S2/c1-2(5)7-3(6)4(8)9/h2,4-5,8-9H,1H3. The van der Waals surface area contributed by atoms with Gasteiger partial charge in [-0.2, -0.15) is 25.3 Å². The minimum absolute atomic E-state index is 0.642. The van der Waals surface area contributed by atoms with Crippen molar-refractivity contribution in [1.82, 2.24) is 0 Å². The largest absolute Gasteiger partial charge is 0.435 e. The molecule has 0 radical (unpaired) electrons. The van der Waals surface area contributed by atoms with Crippen molar-refractivity contribution >= 4 is 31.2 Å². The maximum absolute atomic E-state index is 10.4. The van der Waals surface area contributed by atoms with Crippen molar-refractivity contribution in [2.75, 3.05) is 0 Å². The predicted octanol–water partition coefficient (Wildman–Crippen LogP) is 0.0536. The lowest BCUT2D eigenvalue weighted by molar-refractivity contribution is -0.162. The molecule has 1 N–H and O–H groups in total. The molecule has 0 fully saturated rings. The molecule has 1 atom stereocenters. The maximum atomic E-state index is 10.4. The summed E-state index contributed by atoms with van der Waals surface area (Å²) in [5, 5.41) is 8.46. The number of aliphatic hydroxyl groups is 1. The zero-order valence-electron chi connectivity index (χ0n) is 4.81. The summed E-state index contributed by atoms with van der Waals surface area (Å²) in [6, 6.07) is 0. The van der Waals surface area contributed by atoms with Crippen LogP contribution in [0.15, 0.2) is 0 Å². The van der Waals surface area contributed by atoms with Crippen LogP contribution in [-0.4, -0.2) is 21.9 Å². The van der Waals surface area contributed by atoms with Crippen LogP contribution in [0.1, 0.15) is 6.92 Å². The smallest absolute Gasteiger partial charge is 0.331 e. The Morgan fingerprint density at radius 2 is 2.11 bits per heavy atom. The highest BCUT2D eigenvalue weighted by Gasteiger charge is 2.11. The van der Waals surface area contributed by atoms with E-state index in [1.54, 1.807) is 0 Å². The van der Waals surface area contributed by atoms with Crippen LogP contribution in [-0.2, 0) is 9.53 Å². The average Bonchev–Trinajstić information content (AvgIpc) is 1.63. The Labute approximate surface area is 64.2 Å². The lowest BCUT2D eigenvalue weighted by Gasteiger charge is -2.06. The summed E-state index contributed by atoms with van der Waals surface area (Å²) >= 11 is 7.29. The highest BCUT2D eigenvalue weighted by atomic mass is 32.2. The molecule has 0 aliphatic rings. The van der Waals surface area contributed by atoms with Crippen LogP contribution in [0.5, 0.6) is 0 Å². The monoisotopic (exact) mass is 168 g/mol. The summed E-state index contributed by atoms with van der Waals surface area (Å²) in [6.07, 6.45) is -1.08. The van der Waals surface area contributed by atoms with Crippen LogP contribution in [0, 0.1) is 0 Å². The van der Waals surface area contributed by atoms with Gasteiger partial charge in [-0.15, -0.1) is 0 Å². The lowest BCUT2D eigenvalue weighted by atomic mass is 10.7. The first kappa shape index (κ1) is 9.13. The van der Waals surface area contributed by atoms with E-state index in [1.165, 1.54) is 6.92 Å². The summed E-state index contributed by atoms with van der Waals surface area (Å²) in [4.78, 5) is 10.4. The maximum Gasteiger partial charge on any atom is 0.331 e. The van der Waals surface area contributed by atoms with Crippen molar-refractivity contribution in [2.45, 2.75) is 17.8 Å². The van der Waals surface area contributed by atoms with E-state index in [0.29, 0.717) is 0 Å². The number of ether oxygens (including phenoxy) is 1. The number of carbonyl (C=O) groups is 1. The number of carbonyl (C=O) groups excluding carboxylic acids is 1. The van der Waals surface area contributed by atoms with Gasteiger partial charge in [-0.3, -0.25) is 0 Å². The third kappa shape index (κ3) is 4.62. The Bertz CT molecular complexity index is 102. The quantitative estimate of drug-likeness (QED) is 0.310. The van der Waals surface area contributed by atoms with Crippen molar-refractivity contribution in [3.05, 3.63) is 0 Å². The fourth-order valence-electron chi connectivity index (χ4n) is 0.229. The second-order valence-corrected chi connectivity index (χ2v) is 2.85. The van der Waals surface area contributed by atoms with Gasteiger partial charge in [0.05, 0.1) is 0 Å². The van der Waals surface area contributed by atoms with E-state index in [2.05, 4.69) is 30.0 Å². The van der Waals surface area contributed by atoms with Crippen LogP contribution >= 0.6 is 25.3 Å². The molecule has 3 nitrogen and oxygen atoms in total. The van der Waals surface area contributed by atoms with Gasteiger partial charge in [-0.25, -0.2) is 4.79 Å². The Hall–Kier alpha value is 0.130. The molecule has 54 valence electrons. The van der Waals surface area contributed by atoms with Crippen LogP contribution in [0.2, 0.25) is 0 Å². The van der Waals surface area contributed by atoms with Crippen LogP contribution in [0.25, 0.3) is 0 Å². The highest BCUT2D eigenvalue weighted by Crippen LogP contribution is 2.03. The normalized spacial score (nSPS) is 13.4. The zero-order chi connectivity index (χ0) is 7.44. The van der Waals surface area contributed by atoms with E-state index < -0.39 is 16.8 Å². The molecule has 0 saturated carbocycles. The molecule has 0 aliphatic heterocycles. The third-order valence-corrected chi connectivity index (χ3v) is 0.919. The fourth-order valence-corrected chi connectivity index (χ4v) is 0.351. The molecule has 0 aromatic heterocycles. The van der Waals surface area contributed by atoms with Crippen LogP contribution < -0.4 is 0 Å². The van der Waals surface area contributed by atoms with E-state index in [0.717, 1.165) is 0 Å². The summed E-state index contributed by atoms with van der Waals surface area (Å²) in [7, 11) is 0. The highest BCUT2D eigenvalue weighted by molar-refractivity contribution is 8.00. The topological polar surface area (TPSA) is 46.5 Å². The third-order valence-electron chi connectivity index (χ3n) is 0.498. The molecule has 0 heterocycles. The van der Waals surface area contributed by atoms with Crippen LogP contribution in [0.3, 0.4) is 0 Å². The van der Waals surface area contributed by atoms with Gasteiger partial charge in [-0.1, -0.05) is 0 Å². The molecule has 1 unspecified atom stereocenters. The minimum Gasteiger partial charge on any atom is -0.435 e. The number of hydrogen-bond acceptors (Lipinski definition) is 5. The lowest BCUT2D eigenvalue weighted by Crippen LogP contribution is -2.18. The van der Waals surface area contributed by atoms with Crippen molar-refractivity contribution in [1.29, 1.82) is 0 Å². The van der Waals surface area contributed by atoms with Crippen molar-refractivity contribution < 1.29 is 14.6 Å². The molecule has 0 aromatic carbocycles. The number of aliphatic hydroxyl groups excluding tert-OH is 1. The molecule has 0 rings (SSSR count). The van der Waals surface area contributed by atoms with Gasteiger partial charge in [0.1, 0.15) is 4.58 Å². The first-order chi connectivity index (χ1) is 4.04. The van der Waals surface area contributed by atoms with E-state index in [1.807, 2.05) is 0 Å². The predicted molar refractivity (Wildman–Crippen MR) is 39.5 cm³/mol. The van der Waals surface area contributed by atoms with Gasteiger partial charge in [0.25, 0.3) is 0 Å². The Morgan fingerprint density at radius 3 is 2.22 bits per heavy atom. The molecule has 0 saturated heterocycles. The Morgan fingerprint density at radius 1 is 1.67 bits per heavy atom. The van der Waals surface area contributed by atoms with Gasteiger partial charge in [0, 0.05) is 0 Å². The molecule has 0 amide bonds. The van der Waals surface area contributed by atoms with Gasteiger partial charge in [-0.05, 0) is 6.92 Å². The number of rotatable bonds is 2. The summed E-state index contributed by atoms with van der Waals surface area (Å²) < 4.78 is 3.50. The number of hydrogen-bond donors (Lipinski definition) is 3. The van der Waals surface area contributed by atoms with E-state index in [4.69, 9.17) is 5.11 Å². The van der Waals surface area contributed by atoms with E-state index in [-0.39, 0.29) is 0 Å². The fraction of sp³-hybridized carbons (Fsp3) is 0.750. The van der Waals surface area contributed by atoms with Gasteiger partial charge in [0.15, 0.2) is 6.29 Å². The first-order valence-corrected chi connectivity index (χ1v) is 3.32. The van der Waals surface area contributed by atoms with Crippen LogP contribution in [0.4, 0.5) is 0 Å². The van der Waals surface area contributed by atoms with Gasteiger partial charge >= 0.3 is 5.97 Å². The SMILES string of the molecule is CC(O)OC(=O)C(S)S.